The van der Waals surface area contributed by atoms with Crippen LogP contribution in [-0.2, 0) is 23.9 Å². The maximum Gasteiger partial charge on any atom is 0.331 e. The molecule has 0 aromatic carbocycles. The van der Waals surface area contributed by atoms with E-state index in [4.69, 9.17) is 0 Å². The third-order valence-electron chi connectivity index (χ3n) is 1.04. The van der Waals surface area contributed by atoms with E-state index in [0.29, 0.717) is 0 Å². The second-order valence-corrected chi connectivity index (χ2v) is 3.08. The van der Waals surface area contributed by atoms with Gasteiger partial charge in [-0.05, 0) is 13.8 Å². The summed E-state index contributed by atoms with van der Waals surface area (Å²) in [4.78, 5) is 31.0. The molecule has 0 fully saturated rings. The van der Waals surface area contributed by atoms with Crippen molar-refractivity contribution in [1.82, 2.24) is 0 Å². The molecular formula is C13H18O5. The Morgan fingerprint density at radius 1 is 0.889 bits per heavy atom. The van der Waals surface area contributed by atoms with E-state index in [1.807, 2.05) is 0 Å². The Kier molecular flexibility index (Phi) is 13.0. The summed E-state index contributed by atoms with van der Waals surface area (Å²) in [6, 6.07) is 0. The van der Waals surface area contributed by atoms with Crippen molar-refractivity contribution in [2.75, 3.05) is 13.2 Å². The lowest BCUT2D eigenvalue weighted by molar-refractivity contribution is -0.139. The molecule has 0 aromatic heterocycles. The first-order chi connectivity index (χ1) is 8.43. The lowest BCUT2D eigenvalue weighted by Crippen LogP contribution is -2.04. The van der Waals surface area contributed by atoms with E-state index in [0.717, 1.165) is 12.2 Å². The highest BCUT2D eigenvalue weighted by Crippen LogP contribution is 1.85. The van der Waals surface area contributed by atoms with Crippen LogP contribution >= 0.6 is 0 Å². The fourth-order valence-electron chi connectivity index (χ4n) is 0.514. The second kappa shape index (κ2) is 12.9. The Balaban J connectivity index is 0. The van der Waals surface area contributed by atoms with E-state index >= 15 is 0 Å². The number of esters is 2. The molecule has 0 heterocycles. The van der Waals surface area contributed by atoms with Gasteiger partial charge in [0.15, 0.2) is 0 Å². The van der Waals surface area contributed by atoms with Crippen LogP contribution in [0, 0.1) is 0 Å². The van der Waals surface area contributed by atoms with Crippen LogP contribution in [0.4, 0.5) is 0 Å². The van der Waals surface area contributed by atoms with Gasteiger partial charge >= 0.3 is 11.9 Å². The zero-order valence-corrected chi connectivity index (χ0v) is 10.7. The lowest BCUT2D eigenvalue weighted by Gasteiger charge is -1.96. The molecule has 0 unspecified atom stereocenters. The highest BCUT2D eigenvalue weighted by atomic mass is 16.5. The molecule has 18 heavy (non-hydrogen) atoms. The molecule has 0 amide bonds. The number of carbonyl (C=O) groups is 3. The summed E-state index contributed by atoms with van der Waals surface area (Å²) in [5.74, 6) is -1.05. The Bertz CT molecular complexity index is 298. The Morgan fingerprint density at radius 2 is 1.17 bits per heavy atom. The molecule has 0 aliphatic rings. The van der Waals surface area contributed by atoms with Gasteiger partial charge < -0.3 is 14.3 Å². The number of hydrogen-bond donors (Lipinski definition) is 0. The van der Waals surface area contributed by atoms with Crippen molar-refractivity contribution in [3.8, 4) is 0 Å². The Morgan fingerprint density at radius 3 is 1.39 bits per heavy atom. The van der Waals surface area contributed by atoms with Crippen molar-refractivity contribution in [2.45, 2.75) is 13.8 Å². The summed E-state index contributed by atoms with van der Waals surface area (Å²) in [6.07, 6.45) is 4.85. The zero-order valence-electron chi connectivity index (χ0n) is 10.7. The van der Waals surface area contributed by atoms with Gasteiger partial charge in [-0.2, -0.15) is 0 Å². The van der Waals surface area contributed by atoms with E-state index in [1.54, 1.807) is 0 Å². The summed E-state index contributed by atoms with van der Waals surface area (Å²) in [7, 11) is 0. The molecule has 0 aliphatic carbocycles. The molecular weight excluding hydrogens is 236 g/mol. The van der Waals surface area contributed by atoms with Crippen molar-refractivity contribution in [2.24, 2.45) is 0 Å². The first kappa shape index (κ1) is 18.2. The van der Waals surface area contributed by atoms with Crippen molar-refractivity contribution >= 4 is 17.7 Å². The maximum absolute atomic E-state index is 10.8. The first-order valence-corrected chi connectivity index (χ1v) is 5.14. The Labute approximate surface area is 107 Å². The van der Waals surface area contributed by atoms with E-state index < -0.39 is 11.9 Å². The quantitative estimate of drug-likeness (QED) is 0.409. The minimum atomic E-state index is -0.611. The SMILES string of the molecule is C=CCOC(=O)/C=C/C(=O)OCC=C.CC(C)=O. The largest absolute Gasteiger partial charge is 0.458 e. The predicted octanol–water partition coefficient (Wildman–Crippen LogP) is 1.60. The minimum Gasteiger partial charge on any atom is -0.458 e. The molecule has 0 N–H and O–H groups in total. The highest BCUT2D eigenvalue weighted by molar-refractivity contribution is 5.91. The average molecular weight is 254 g/mol. The monoisotopic (exact) mass is 254 g/mol. The standard InChI is InChI=1S/C10H12O4.C3H6O/c1-3-7-13-9(11)5-6-10(12)14-8-4-2;1-3(2)4/h3-6H,1-2,7-8H2;1-2H3/b6-5+;. The third-order valence-corrected chi connectivity index (χ3v) is 1.04. The van der Waals surface area contributed by atoms with Crippen LogP contribution in [-0.4, -0.2) is 30.9 Å². The highest BCUT2D eigenvalue weighted by Gasteiger charge is 1.98. The molecule has 0 bridgehead atoms. The Hall–Kier alpha value is -2.17. The number of carbonyl (C=O) groups excluding carboxylic acids is 3. The molecule has 0 saturated heterocycles. The molecule has 0 atom stereocenters. The molecule has 5 nitrogen and oxygen atoms in total. The van der Waals surface area contributed by atoms with Gasteiger partial charge in [-0.1, -0.05) is 25.3 Å². The summed E-state index contributed by atoms with van der Waals surface area (Å²) in [5.41, 5.74) is 0. The van der Waals surface area contributed by atoms with Gasteiger partial charge in [0.05, 0.1) is 0 Å². The normalized spacial score (nSPS) is 8.78. The van der Waals surface area contributed by atoms with E-state index in [2.05, 4.69) is 22.6 Å². The number of rotatable bonds is 6. The van der Waals surface area contributed by atoms with Gasteiger partial charge in [-0.25, -0.2) is 9.59 Å². The van der Waals surface area contributed by atoms with Crippen LogP contribution in [0.3, 0.4) is 0 Å². The van der Waals surface area contributed by atoms with Crippen molar-refractivity contribution in [3.05, 3.63) is 37.5 Å². The second-order valence-electron chi connectivity index (χ2n) is 3.08. The number of ether oxygens (including phenoxy) is 2. The van der Waals surface area contributed by atoms with Gasteiger partial charge in [-0.15, -0.1) is 0 Å². The van der Waals surface area contributed by atoms with Crippen LogP contribution in [0.2, 0.25) is 0 Å². The predicted molar refractivity (Wildman–Crippen MR) is 67.8 cm³/mol. The molecule has 0 aromatic rings. The summed E-state index contributed by atoms with van der Waals surface area (Å²) >= 11 is 0. The third kappa shape index (κ3) is 19.4. The van der Waals surface area contributed by atoms with Gasteiger partial charge in [-0.3, -0.25) is 0 Å². The topological polar surface area (TPSA) is 69.7 Å². The van der Waals surface area contributed by atoms with Crippen molar-refractivity contribution in [3.63, 3.8) is 0 Å². The fourth-order valence-corrected chi connectivity index (χ4v) is 0.514. The van der Waals surface area contributed by atoms with Gasteiger partial charge in [0.1, 0.15) is 19.0 Å². The molecule has 100 valence electrons. The van der Waals surface area contributed by atoms with E-state index in [9.17, 15) is 14.4 Å². The zero-order chi connectivity index (χ0) is 14.4. The van der Waals surface area contributed by atoms with Gasteiger partial charge in [0.2, 0.25) is 0 Å². The molecule has 0 aliphatic heterocycles. The summed E-state index contributed by atoms with van der Waals surface area (Å²) in [5, 5.41) is 0. The van der Waals surface area contributed by atoms with Crippen LogP contribution < -0.4 is 0 Å². The number of hydrogen-bond acceptors (Lipinski definition) is 5. The minimum absolute atomic E-state index is 0.116. The summed E-state index contributed by atoms with van der Waals surface area (Å²) in [6.45, 7) is 10.0. The van der Waals surface area contributed by atoms with Crippen LogP contribution in [0.15, 0.2) is 37.5 Å². The van der Waals surface area contributed by atoms with Gasteiger partial charge in [0, 0.05) is 12.2 Å². The molecule has 0 rings (SSSR count). The van der Waals surface area contributed by atoms with Crippen molar-refractivity contribution < 1.29 is 23.9 Å². The van der Waals surface area contributed by atoms with Crippen LogP contribution in [0.25, 0.3) is 0 Å². The van der Waals surface area contributed by atoms with E-state index in [1.165, 1.54) is 26.0 Å². The molecule has 0 radical (unpaired) electrons. The first-order valence-electron chi connectivity index (χ1n) is 5.14. The number of ketones is 1. The molecule has 0 spiro atoms. The molecule has 0 saturated carbocycles. The maximum atomic E-state index is 10.8. The number of Topliss-reactive ketones (excluding diaryl/α,β-unsaturated/α-hetero) is 1. The smallest absolute Gasteiger partial charge is 0.331 e. The average Bonchev–Trinajstić information content (AvgIpc) is 2.30. The van der Waals surface area contributed by atoms with Gasteiger partial charge in [0.25, 0.3) is 0 Å². The lowest BCUT2D eigenvalue weighted by atomic mass is 10.5. The fraction of sp³-hybridized carbons (Fsp3) is 0.308. The van der Waals surface area contributed by atoms with Crippen molar-refractivity contribution in [1.29, 1.82) is 0 Å². The van der Waals surface area contributed by atoms with Crippen LogP contribution in [0.5, 0.6) is 0 Å². The van der Waals surface area contributed by atoms with E-state index in [-0.39, 0.29) is 19.0 Å². The summed E-state index contributed by atoms with van der Waals surface area (Å²) < 4.78 is 9.15. The van der Waals surface area contributed by atoms with Crippen LogP contribution in [0.1, 0.15) is 13.8 Å². The molecule has 5 heteroatoms.